The summed E-state index contributed by atoms with van der Waals surface area (Å²) < 4.78 is 33.0. The number of carbonyl (C=O) groups is 1. The van der Waals surface area contributed by atoms with E-state index in [1.165, 1.54) is 16.4 Å². The first-order valence-electron chi connectivity index (χ1n) is 8.73. The van der Waals surface area contributed by atoms with Crippen molar-refractivity contribution in [3.63, 3.8) is 0 Å². The van der Waals surface area contributed by atoms with Crippen LogP contribution in [0.4, 0.5) is 11.4 Å². The Morgan fingerprint density at radius 1 is 1.26 bits per heavy atom. The van der Waals surface area contributed by atoms with Gasteiger partial charge in [-0.1, -0.05) is 29.8 Å². The maximum Gasteiger partial charge on any atom is 0.265 e. The number of carbonyl (C=O) groups excluding carboxylic acids is 1. The predicted octanol–water partition coefficient (Wildman–Crippen LogP) is 3.67. The molecule has 1 amide bonds. The van der Waals surface area contributed by atoms with Crippen LogP contribution in [0, 0.1) is 0 Å². The van der Waals surface area contributed by atoms with E-state index in [1.54, 1.807) is 37.3 Å². The molecular formula is C19H21ClN2O4S. The molecular weight excluding hydrogens is 388 g/mol. The summed E-state index contributed by atoms with van der Waals surface area (Å²) in [6, 6.07) is 13.2. The van der Waals surface area contributed by atoms with E-state index in [1.807, 2.05) is 6.07 Å². The van der Waals surface area contributed by atoms with Gasteiger partial charge in [0, 0.05) is 18.8 Å². The van der Waals surface area contributed by atoms with Crippen molar-refractivity contribution >= 4 is 38.9 Å². The minimum absolute atomic E-state index is 0.0555. The first-order valence-corrected chi connectivity index (χ1v) is 10.5. The fourth-order valence-corrected chi connectivity index (χ4v) is 4.97. The lowest BCUT2D eigenvalue weighted by Crippen LogP contribution is -2.31. The van der Waals surface area contributed by atoms with Crippen LogP contribution in [-0.4, -0.2) is 33.6 Å². The summed E-state index contributed by atoms with van der Waals surface area (Å²) in [5, 5.41) is 2.81. The number of rotatable bonds is 6. The number of hydrogen-bond donors (Lipinski definition) is 1. The van der Waals surface area contributed by atoms with Crippen LogP contribution in [0.1, 0.15) is 19.8 Å². The molecule has 3 rings (SSSR count). The molecule has 8 heteroatoms. The van der Waals surface area contributed by atoms with E-state index in [2.05, 4.69) is 5.32 Å². The number of nitrogens with zero attached hydrogens (tertiary/aromatic N) is 1. The second-order valence-corrected chi connectivity index (χ2v) is 8.38. The van der Waals surface area contributed by atoms with Crippen molar-refractivity contribution in [3.8, 4) is 0 Å². The van der Waals surface area contributed by atoms with Gasteiger partial charge in [-0.2, -0.15) is 0 Å². The number of nitrogens with one attached hydrogen (secondary N) is 1. The van der Waals surface area contributed by atoms with Crippen LogP contribution in [0.3, 0.4) is 0 Å². The van der Waals surface area contributed by atoms with Crippen molar-refractivity contribution in [1.82, 2.24) is 0 Å². The van der Waals surface area contributed by atoms with E-state index < -0.39 is 16.1 Å². The number of anilines is 2. The third-order valence-electron chi connectivity index (χ3n) is 4.32. The average molecular weight is 409 g/mol. The molecule has 1 aliphatic heterocycles. The van der Waals surface area contributed by atoms with Crippen molar-refractivity contribution in [1.29, 1.82) is 0 Å². The number of para-hydroxylation sites is 1. The van der Waals surface area contributed by atoms with Crippen LogP contribution in [0.2, 0.25) is 5.02 Å². The average Bonchev–Trinajstić information content (AvgIpc) is 3.19. The van der Waals surface area contributed by atoms with Gasteiger partial charge in [0.2, 0.25) is 0 Å². The maximum atomic E-state index is 13.2. The number of ether oxygens (including phenoxy) is 1. The third kappa shape index (κ3) is 4.26. The third-order valence-corrected chi connectivity index (χ3v) is 6.70. The van der Waals surface area contributed by atoms with Gasteiger partial charge in [0.1, 0.15) is 11.0 Å². The maximum absolute atomic E-state index is 13.2. The highest BCUT2D eigenvalue weighted by Crippen LogP contribution is 2.30. The first-order chi connectivity index (χ1) is 12.9. The summed E-state index contributed by atoms with van der Waals surface area (Å²) in [4.78, 5) is 12.2. The molecule has 2 aromatic rings. The van der Waals surface area contributed by atoms with E-state index in [9.17, 15) is 13.2 Å². The zero-order chi connectivity index (χ0) is 19.4. The Morgan fingerprint density at radius 3 is 2.63 bits per heavy atom. The largest absolute Gasteiger partial charge is 0.368 e. The number of halogens is 1. The van der Waals surface area contributed by atoms with Gasteiger partial charge in [-0.3, -0.25) is 9.10 Å². The zero-order valence-electron chi connectivity index (χ0n) is 14.9. The van der Waals surface area contributed by atoms with E-state index in [0.29, 0.717) is 24.4 Å². The Labute approximate surface area is 164 Å². The topological polar surface area (TPSA) is 75.7 Å². The fourth-order valence-electron chi connectivity index (χ4n) is 2.99. The molecule has 1 atom stereocenters. The SMILES string of the molecule is CCN(c1ccccc1)S(=O)(=O)c1cc(NC(=O)C2CCCO2)ccc1Cl. The molecule has 1 saturated heterocycles. The summed E-state index contributed by atoms with van der Waals surface area (Å²) in [6.07, 6.45) is 0.987. The van der Waals surface area contributed by atoms with Gasteiger partial charge < -0.3 is 10.1 Å². The quantitative estimate of drug-likeness (QED) is 0.791. The lowest BCUT2D eigenvalue weighted by atomic mass is 10.2. The standard InChI is InChI=1S/C19H21ClN2O4S/c1-2-22(15-7-4-3-5-8-15)27(24,25)18-13-14(10-11-16(18)20)21-19(23)17-9-6-12-26-17/h3-5,7-8,10-11,13,17H,2,6,9,12H2,1H3,(H,21,23). The summed E-state index contributed by atoms with van der Waals surface area (Å²) in [5.74, 6) is -0.284. The zero-order valence-corrected chi connectivity index (χ0v) is 16.5. The first kappa shape index (κ1) is 19.7. The number of benzene rings is 2. The molecule has 2 aromatic carbocycles. The van der Waals surface area contributed by atoms with Gasteiger partial charge in [0.05, 0.1) is 10.7 Å². The van der Waals surface area contributed by atoms with Crippen LogP contribution in [0.15, 0.2) is 53.4 Å². The van der Waals surface area contributed by atoms with Gasteiger partial charge in [-0.25, -0.2) is 8.42 Å². The Kier molecular flexibility index (Phi) is 6.04. The van der Waals surface area contributed by atoms with Crippen LogP contribution in [0.5, 0.6) is 0 Å². The number of sulfonamides is 1. The van der Waals surface area contributed by atoms with Crippen molar-refractivity contribution in [3.05, 3.63) is 53.6 Å². The highest BCUT2D eigenvalue weighted by Gasteiger charge is 2.28. The minimum atomic E-state index is -3.89. The van der Waals surface area contributed by atoms with Gasteiger partial charge in [0.15, 0.2) is 0 Å². The van der Waals surface area contributed by atoms with Crippen molar-refractivity contribution < 1.29 is 17.9 Å². The highest BCUT2D eigenvalue weighted by atomic mass is 35.5. The van der Waals surface area contributed by atoms with E-state index in [4.69, 9.17) is 16.3 Å². The second-order valence-electron chi connectivity index (χ2n) is 6.14. The molecule has 1 fully saturated rings. The van der Waals surface area contributed by atoms with Crippen molar-refractivity contribution in [2.45, 2.75) is 30.8 Å². The molecule has 0 aliphatic carbocycles. The Morgan fingerprint density at radius 2 is 2.00 bits per heavy atom. The molecule has 0 saturated carbocycles. The number of amides is 1. The normalized spacial score (nSPS) is 16.9. The van der Waals surface area contributed by atoms with Gasteiger partial charge in [-0.15, -0.1) is 0 Å². The summed E-state index contributed by atoms with van der Waals surface area (Å²) >= 11 is 6.19. The molecule has 1 N–H and O–H groups in total. The monoisotopic (exact) mass is 408 g/mol. The van der Waals surface area contributed by atoms with E-state index in [-0.39, 0.29) is 22.4 Å². The second kappa shape index (κ2) is 8.29. The molecule has 0 spiro atoms. The molecule has 6 nitrogen and oxygen atoms in total. The van der Waals surface area contributed by atoms with E-state index in [0.717, 1.165) is 6.42 Å². The summed E-state index contributed by atoms with van der Waals surface area (Å²) in [6.45, 7) is 2.55. The van der Waals surface area contributed by atoms with Gasteiger partial charge in [0.25, 0.3) is 15.9 Å². The van der Waals surface area contributed by atoms with Crippen LogP contribution in [0.25, 0.3) is 0 Å². The molecule has 1 heterocycles. The highest BCUT2D eigenvalue weighted by molar-refractivity contribution is 7.93. The van der Waals surface area contributed by atoms with Crippen molar-refractivity contribution in [2.24, 2.45) is 0 Å². The van der Waals surface area contributed by atoms with E-state index >= 15 is 0 Å². The van der Waals surface area contributed by atoms with Crippen LogP contribution < -0.4 is 9.62 Å². The predicted molar refractivity (Wildman–Crippen MR) is 106 cm³/mol. The summed E-state index contributed by atoms with van der Waals surface area (Å²) in [5.41, 5.74) is 0.910. The Balaban J connectivity index is 1.91. The summed E-state index contributed by atoms with van der Waals surface area (Å²) in [7, 11) is -3.89. The molecule has 0 aromatic heterocycles. The Hall–Kier alpha value is -2.09. The number of hydrogen-bond acceptors (Lipinski definition) is 4. The molecule has 144 valence electrons. The molecule has 1 aliphatic rings. The lowest BCUT2D eigenvalue weighted by Gasteiger charge is -2.23. The minimum Gasteiger partial charge on any atom is -0.368 e. The van der Waals surface area contributed by atoms with Crippen LogP contribution >= 0.6 is 11.6 Å². The fraction of sp³-hybridized carbons (Fsp3) is 0.316. The Bertz CT molecular complexity index is 913. The van der Waals surface area contributed by atoms with Crippen LogP contribution in [-0.2, 0) is 19.6 Å². The van der Waals surface area contributed by atoms with Crippen molar-refractivity contribution in [2.75, 3.05) is 22.8 Å². The van der Waals surface area contributed by atoms with Gasteiger partial charge in [-0.05, 0) is 50.1 Å². The molecule has 1 unspecified atom stereocenters. The molecule has 0 bridgehead atoms. The molecule has 27 heavy (non-hydrogen) atoms. The molecule has 0 radical (unpaired) electrons. The van der Waals surface area contributed by atoms with Gasteiger partial charge >= 0.3 is 0 Å². The lowest BCUT2D eigenvalue weighted by molar-refractivity contribution is -0.124. The smallest absolute Gasteiger partial charge is 0.265 e.